The minimum absolute atomic E-state index is 0.0644. The third-order valence-electron chi connectivity index (χ3n) is 4.30. The van der Waals surface area contributed by atoms with Crippen LogP contribution in [0.1, 0.15) is 15.9 Å². The SMILES string of the molecule is NC(N)=[NH+]Cc1ccc2cc(C(=O)NCC(Nc3nccc[nH+]3)C(=O)O)cc(=O)n2c1. The van der Waals surface area contributed by atoms with E-state index in [1.165, 1.54) is 22.7 Å². The number of rotatable bonds is 8. The molecule has 0 aliphatic heterocycles. The van der Waals surface area contributed by atoms with Gasteiger partial charge in [-0.15, -0.1) is 0 Å². The molecule has 0 fully saturated rings. The largest absolute Gasteiger partial charge is 0.479 e. The van der Waals surface area contributed by atoms with Gasteiger partial charge in [-0.05, 0) is 12.1 Å². The number of hydrogen-bond acceptors (Lipinski definition) is 5. The maximum absolute atomic E-state index is 12.5. The molecule has 9 N–H and O–H groups in total. The number of carboxylic acids is 1. The fourth-order valence-electron chi connectivity index (χ4n) is 2.77. The van der Waals surface area contributed by atoms with Crippen molar-refractivity contribution >= 4 is 29.3 Å². The number of nitrogens with zero attached hydrogens (tertiary/aromatic N) is 2. The highest BCUT2D eigenvalue weighted by Gasteiger charge is 2.23. The number of nitrogens with two attached hydrogens (primary N) is 2. The van der Waals surface area contributed by atoms with Gasteiger partial charge >= 0.3 is 17.9 Å². The Bertz CT molecular complexity index is 1190. The van der Waals surface area contributed by atoms with E-state index in [9.17, 15) is 19.5 Å². The standard InChI is InChI=1S/C19H20N8O4/c20-18(21)25-8-11-2-3-13-6-12(7-15(28)27(13)10-11)16(29)24-9-14(17(30)31)26-19-22-4-1-5-23-19/h1-7,10,14H,8-9H2,(H,24,29)(H,30,31)(H4,20,21,25)(H,22,23,26)/p+2. The van der Waals surface area contributed by atoms with Crippen molar-refractivity contribution in [3.05, 3.63) is 70.4 Å². The van der Waals surface area contributed by atoms with Gasteiger partial charge in [0.05, 0.1) is 19.3 Å². The summed E-state index contributed by atoms with van der Waals surface area (Å²) in [4.78, 5) is 45.9. The number of fused-ring (bicyclic) bond motifs is 1. The van der Waals surface area contributed by atoms with Crippen molar-refractivity contribution in [3.8, 4) is 0 Å². The van der Waals surface area contributed by atoms with Crippen LogP contribution in [0.4, 0.5) is 5.95 Å². The summed E-state index contributed by atoms with van der Waals surface area (Å²) in [6.45, 7) is 0.115. The molecule has 31 heavy (non-hydrogen) atoms. The monoisotopic (exact) mass is 426 g/mol. The summed E-state index contributed by atoms with van der Waals surface area (Å²) in [6.07, 6.45) is 4.69. The van der Waals surface area contributed by atoms with Crippen LogP contribution in [-0.4, -0.2) is 44.9 Å². The smallest absolute Gasteiger partial charge is 0.389 e. The number of pyridine rings is 2. The summed E-state index contributed by atoms with van der Waals surface area (Å²) in [5, 5.41) is 14.6. The molecule has 3 aromatic rings. The predicted molar refractivity (Wildman–Crippen MR) is 110 cm³/mol. The van der Waals surface area contributed by atoms with E-state index in [4.69, 9.17) is 11.5 Å². The number of carboxylic acid groups (broad SMARTS) is 1. The zero-order valence-corrected chi connectivity index (χ0v) is 16.3. The molecule has 1 unspecified atom stereocenters. The topological polar surface area (TPSA) is 193 Å². The highest BCUT2D eigenvalue weighted by Crippen LogP contribution is 2.07. The normalized spacial score (nSPS) is 11.5. The molecule has 0 bridgehead atoms. The van der Waals surface area contributed by atoms with Gasteiger partial charge in [0.2, 0.25) is 0 Å². The van der Waals surface area contributed by atoms with Gasteiger partial charge in [0.25, 0.3) is 11.5 Å². The minimum Gasteiger partial charge on any atom is -0.479 e. The number of aromatic amines is 1. The average Bonchev–Trinajstić information content (AvgIpc) is 2.75. The van der Waals surface area contributed by atoms with Gasteiger partial charge in [-0.25, -0.2) is 9.78 Å². The van der Waals surface area contributed by atoms with Crippen LogP contribution in [-0.2, 0) is 11.3 Å². The van der Waals surface area contributed by atoms with Crippen molar-refractivity contribution < 1.29 is 24.7 Å². The van der Waals surface area contributed by atoms with Crippen LogP contribution in [0.25, 0.3) is 5.52 Å². The third-order valence-corrected chi connectivity index (χ3v) is 4.30. The highest BCUT2D eigenvalue weighted by atomic mass is 16.4. The lowest BCUT2D eigenvalue weighted by atomic mass is 10.2. The molecule has 0 aliphatic rings. The second kappa shape index (κ2) is 9.35. The molecular formula is C19H22N8O4+2. The van der Waals surface area contributed by atoms with Crippen LogP contribution < -0.4 is 37.6 Å². The zero-order valence-electron chi connectivity index (χ0n) is 16.3. The van der Waals surface area contributed by atoms with Crippen molar-refractivity contribution in [2.45, 2.75) is 12.6 Å². The fourth-order valence-corrected chi connectivity index (χ4v) is 2.77. The number of guanidine groups is 1. The van der Waals surface area contributed by atoms with Crippen LogP contribution in [0, 0.1) is 0 Å². The van der Waals surface area contributed by atoms with E-state index >= 15 is 0 Å². The van der Waals surface area contributed by atoms with E-state index in [-0.39, 0.29) is 24.0 Å². The number of anilines is 1. The number of carbonyl (C=O) groups is 2. The molecule has 3 rings (SSSR count). The summed E-state index contributed by atoms with van der Waals surface area (Å²) >= 11 is 0. The fraction of sp³-hybridized carbons (Fsp3) is 0.158. The number of H-pyrrole nitrogens is 1. The van der Waals surface area contributed by atoms with Gasteiger partial charge in [-0.2, -0.15) is 0 Å². The van der Waals surface area contributed by atoms with Gasteiger partial charge < -0.3 is 10.4 Å². The Labute approximate surface area is 175 Å². The molecule has 0 aromatic carbocycles. The van der Waals surface area contributed by atoms with E-state index in [2.05, 4.69) is 25.6 Å². The summed E-state index contributed by atoms with van der Waals surface area (Å²) in [5.74, 6) is -1.44. The van der Waals surface area contributed by atoms with E-state index in [1.807, 2.05) is 0 Å². The molecule has 0 spiro atoms. The van der Waals surface area contributed by atoms with Crippen LogP contribution >= 0.6 is 0 Å². The Morgan fingerprint density at radius 1 is 1.29 bits per heavy atom. The Balaban J connectivity index is 1.74. The van der Waals surface area contributed by atoms with Crippen molar-refractivity contribution in [2.75, 3.05) is 11.9 Å². The Hall–Kier alpha value is -4.48. The molecular weight excluding hydrogens is 404 g/mol. The Kier molecular flexibility index (Phi) is 6.40. The second-order valence-corrected chi connectivity index (χ2v) is 6.60. The molecule has 12 nitrogen and oxygen atoms in total. The lowest BCUT2D eigenvalue weighted by molar-refractivity contribution is -0.477. The van der Waals surface area contributed by atoms with Crippen LogP contribution in [0.3, 0.4) is 0 Å². The summed E-state index contributed by atoms with van der Waals surface area (Å²) in [5.41, 5.74) is 11.7. The maximum Gasteiger partial charge on any atom is 0.389 e. The van der Waals surface area contributed by atoms with Crippen LogP contribution in [0.15, 0.2) is 53.7 Å². The van der Waals surface area contributed by atoms with Crippen molar-refractivity contribution in [1.82, 2.24) is 14.7 Å². The lowest BCUT2D eigenvalue weighted by Crippen LogP contribution is -2.76. The molecule has 0 saturated carbocycles. The number of hydrogen-bond donors (Lipinski definition) is 6. The predicted octanol–water partition coefficient (Wildman–Crippen LogP) is -3.34. The maximum atomic E-state index is 12.5. The molecule has 1 atom stereocenters. The first kappa shape index (κ1) is 21.2. The van der Waals surface area contributed by atoms with Crippen LogP contribution in [0.2, 0.25) is 0 Å². The van der Waals surface area contributed by atoms with Gasteiger partial charge in [0.1, 0.15) is 6.20 Å². The number of carbonyl (C=O) groups excluding carboxylic acids is 1. The first-order valence-electron chi connectivity index (χ1n) is 9.21. The molecule has 0 radical (unpaired) electrons. The first-order valence-corrected chi connectivity index (χ1v) is 9.21. The summed E-state index contributed by atoms with van der Waals surface area (Å²) < 4.78 is 1.39. The quantitative estimate of drug-likeness (QED) is 0.159. The van der Waals surface area contributed by atoms with E-state index in [0.717, 1.165) is 5.56 Å². The molecule has 0 saturated heterocycles. The Morgan fingerprint density at radius 3 is 2.77 bits per heavy atom. The second-order valence-electron chi connectivity index (χ2n) is 6.60. The molecule has 160 valence electrons. The van der Waals surface area contributed by atoms with Crippen LogP contribution in [0.5, 0.6) is 0 Å². The van der Waals surface area contributed by atoms with Crippen molar-refractivity contribution in [2.24, 2.45) is 11.5 Å². The molecule has 3 heterocycles. The summed E-state index contributed by atoms with van der Waals surface area (Å²) in [7, 11) is 0. The van der Waals surface area contributed by atoms with Gasteiger partial charge in [-0.3, -0.25) is 35.8 Å². The summed E-state index contributed by atoms with van der Waals surface area (Å²) in [6, 6.07) is 6.68. The molecule has 0 aliphatic carbocycles. The van der Waals surface area contributed by atoms with Gasteiger partial charge in [0, 0.05) is 35.0 Å². The highest BCUT2D eigenvalue weighted by molar-refractivity contribution is 5.95. The number of aromatic nitrogens is 3. The molecule has 1 amide bonds. The average molecular weight is 426 g/mol. The van der Waals surface area contributed by atoms with Gasteiger partial charge in [0.15, 0.2) is 6.04 Å². The lowest BCUT2D eigenvalue weighted by Gasteiger charge is -2.12. The molecule has 12 heteroatoms. The van der Waals surface area contributed by atoms with Crippen molar-refractivity contribution in [3.63, 3.8) is 0 Å². The van der Waals surface area contributed by atoms with Crippen molar-refractivity contribution in [1.29, 1.82) is 0 Å². The Morgan fingerprint density at radius 2 is 2.10 bits per heavy atom. The minimum atomic E-state index is -1.17. The third kappa shape index (κ3) is 5.53. The van der Waals surface area contributed by atoms with E-state index in [1.54, 1.807) is 30.6 Å². The number of nitrogens with one attached hydrogen (secondary N) is 4. The van der Waals surface area contributed by atoms with E-state index < -0.39 is 23.5 Å². The number of aliphatic carboxylic acids is 1. The first-order chi connectivity index (χ1) is 14.8. The van der Waals surface area contributed by atoms with E-state index in [0.29, 0.717) is 12.1 Å². The number of amides is 1. The molecule has 3 aromatic heterocycles. The zero-order chi connectivity index (χ0) is 22.4. The van der Waals surface area contributed by atoms with Gasteiger partial charge in [-0.1, -0.05) is 11.1 Å².